The van der Waals surface area contributed by atoms with Crippen LogP contribution in [-0.4, -0.2) is 5.97 Å². The second-order valence-corrected chi connectivity index (χ2v) is 6.18. The van der Waals surface area contributed by atoms with Crippen molar-refractivity contribution in [1.29, 1.82) is 0 Å². The van der Waals surface area contributed by atoms with Crippen molar-refractivity contribution >= 4 is 28.5 Å². The Bertz CT molecular complexity index is 772. The van der Waals surface area contributed by atoms with Crippen molar-refractivity contribution in [3.8, 4) is 0 Å². The number of fused-ring (bicyclic) bond motifs is 1. The third-order valence-electron chi connectivity index (χ3n) is 4.17. The Labute approximate surface area is 133 Å². The summed E-state index contributed by atoms with van der Waals surface area (Å²) in [6.45, 7) is 1.91. The van der Waals surface area contributed by atoms with E-state index in [2.05, 4.69) is 0 Å². The number of hydrogen-bond acceptors (Lipinski definition) is 4. The van der Waals surface area contributed by atoms with Crippen LogP contribution in [0.15, 0.2) is 27.4 Å². The first kappa shape index (κ1) is 15.1. The molecule has 0 saturated heterocycles. The van der Waals surface area contributed by atoms with Gasteiger partial charge in [-0.05, 0) is 37.5 Å². The summed E-state index contributed by atoms with van der Waals surface area (Å²) in [4.78, 5) is 23.7. The highest BCUT2D eigenvalue weighted by Crippen LogP contribution is 2.28. The van der Waals surface area contributed by atoms with Gasteiger partial charge in [-0.25, -0.2) is 4.79 Å². The highest BCUT2D eigenvalue weighted by atomic mass is 35.5. The Morgan fingerprint density at radius 2 is 2.05 bits per heavy atom. The average molecular weight is 321 g/mol. The molecule has 0 amide bonds. The van der Waals surface area contributed by atoms with Crippen LogP contribution in [0.4, 0.5) is 0 Å². The molecule has 116 valence electrons. The Morgan fingerprint density at radius 1 is 1.32 bits per heavy atom. The minimum Gasteiger partial charge on any atom is -0.461 e. The molecule has 3 rings (SSSR count). The number of carbonyl (C=O) groups excluding carboxylic acids is 1. The molecule has 1 heterocycles. The fourth-order valence-electron chi connectivity index (χ4n) is 2.90. The monoisotopic (exact) mass is 320 g/mol. The molecule has 0 spiro atoms. The van der Waals surface area contributed by atoms with E-state index in [1.54, 1.807) is 12.1 Å². The maximum Gasteiger partial charge on any atom is 0.336 e. The second-order valence-electron chi connectivity index (χ2n) is 5.78. The van der Waals surface area contributed by atoms with Gasteiger partial charge in [-0.2, -0.15) is 0 Å². The van der Waals surface area contributed by atoms with E-state index in [1.165, 1.54) is 6.07 Å². The SMILES string of the molecule is Cc1cc2oc(=O)cc(COC(=O)C3CCCC3)c2cc1Cl. The third kappa shape index (κ3) is 3.02. The van der Waals surface area contributed by atoms with Crippen LogP contribution in [0, 0.1) is 12.8 Å². The topological polar surface area (TPSA) is 56.5 Å². The molecule has 0 bridgehead atoms. The quantitative estimate of drug-likeness (QED) is 0.634. The maximum absolute atomic E-state index is 12.0. The van der Waals surface area contributed by atoms with E-state index in [1.807, 2.05) is 6.92 Å². The van der Waals surface area contributed by atoms with E-state index in [0.717, 1.165) is 31.2 Å². The lowest BCUT2D eigenvalue weighted by Crippen LogP contribution is -2.15. The Balaban J connectivity index is 1.87. The fraction of sp³-hybridized carbons (Fsp3) is 0.412. The molecular weight excluding hydrogens is 304 g/mol. The van der Waals surface area contributed by atoms with Gasteiger partial charge < -0.3 is 9.15 Å². The highest BCUT2D eigenvalue weighted by molar-refractivity contribution is 6.32. The first-order chi connectivity index (χ1) is 10.5. The summed E-state index contributed by atoms with van der Waals surface area (Å²) in [6.07, 6.45) is 3.93. The lowest BCUT2D eigenvalue weighted by molar-refractivity contribution is -0.149. The molecular formula is C17H17ClO4. The molecule has 0 radical (unpaired) electrons. The van der Waals surface area contributed by atoms with Crippen LogP contribution in [0.2, 0.25) is 5.02 Å². The number of hydrogen-bond donors (Lipinski definition) is 0. The van der Waals surface area contributed by atoms with Gasteiger partial charge in [0.1, 0.15) is 12.2 Å². The van der Waals surface area contributed by atoms with Crippen molar-refractivity contribution in [3.05, 3.63) is 44.8 Å². The fourth-order valence-corrected chi connectivity index (χ4v) is 3.06. The van der Waals surface area contributed by atoms with Gasteiger partial charge in [-0.1, -0.05) is 24.4 Å². The third-order valence-corrected chi connectivity index (χ3v) is 4.58. The molecule has 1 saturated carbocycles. The average Bonchev–Trinajstić information content (AvgIpc) is 3.00. The zero-order valence-electron chi connectivity index (χ0n) is 12.4. The van der Waals surface area contributed by atoms with E-state index in [4.69, 9.17) is 20.8 Å². The predicted octanol–water partition coefficient (Wildman–Crippen LogP) is 3.99. The molecule has 0 N–H and O–H groups in total. The van der Waals surface area contributed by atoms with Gasteiger partial charge in [0, 0.05) is 22.0 Å². The standard InChI is InChI=1S/C17H17ClO4/c1-10-6-15-13(8-14(10)18)12(7-16(19)22-15)9-21-17(20)11-4-2-3-5-11/h6-8,11H,2-5,9H2,1H3. The molecule has 22 heavy (non-hydrogen) atoms. The summed E-state index contributed by atoms with van der Waals surface area (Å²) in [5.41, 5.74) is 1.46. The van der Waals surface area contributed by atoms with E-state index >= 15 is 0 Å². The normalized spacial score (nSPS) is 15.4. The number of aryl methyl sites for hydroxylation is 1. The molecule has 2 aromatic rings. The molecule has 0 atom stereocenters. The zero-order chi connectivity index (χ0) is 15.7. The molecule has 0 aliphatic heterocycles. The molecule has 1 aromatic carbocycles. The van der Waals surface area contributed by atoms with Gasteiger partial charge in [-0.15, -0.1) is 0 Å². The van der Waals surface area contributed by atoms with Crippen molar-refractivity contribution in [1.82, 2.24) is 0 Å². The molecule has 5 heteroatoms. The summed E-state index contributed by atoms with van der Waals surface area (Å²) in [7, 11) is 0. The summed E-state index contributed by atoms with van der Waals surface area (Å²) in [5.74, 6) is -0.186. The van der Waals surface area contributed by atoms with Crippen LogP contribution in [0.1, 0.15) is 36.8 Å². The predicted molar refractivity (Wildman–Crippen MR) is 84.0 cm³/mol. The van der Waals surface area contributed by atoms with Crippen LogP contribution < -0.4 is 5.63 Å². The van der Waals surface area contributed by atoms with E-state index in [9.17, 15) is 9.59 Å². The molecule has 1 fully saturated rings. The van der Waals surface area contributed by atoms with E-state index in [-0.39, 0.29) is 18.5 Å². The van der Waals surface area contributed by atoms with Gasteiger partial charge in [-0.3, -0.25) is 4.79 Å². The van der Waals surface area contributed by atoms with Crippen molar-refractivity contribution in [2.75, 3.05) is 0 Å². The first-order valence-corrected chi connectivity index (χ1v) is 7.82. The largest absolute Gasteiger partial charge is 0.461 e. The van der Waals surface area contributed by atoms with Crippen LogP contribution >= 0.6 is 11.6 Å². The van der Waals surface area contributed by atoms with Crippen LogP contribution in [0.3, 0.4) is 0 Å². The molecule has 0 unspecified atom stereocenters. The number of carbonyl (C=O) groups is 1. The summed E-state index contributed by atoms with van der Waals surface area (Å²) < 4.78 is 10.6. The van der Waals surface area contributed by atoms with Gasteiger partial charge in [0.05, 0.1) is 5.92 Å². The van der Waals surface area contributed by atoms with Gasteiger partial charge in [0.25, 0.3) is 0 Å². The lowest BCUT2D eigenvalue weighted by atomic mass is 10.1. The van der Waals surface area contributed by atoms with Crippen LogP contribution in [0.5, 0.6) is 0 Å². The number of esters is 1. The Kier molecular flexibility index (Phi) is 4.21. The summed E-state index contributed by atoms with van der Waals surface area (Å²) in [6, 6.07) is 4.82. The molecule has 1 aromatic heterocycles. The Morgan fingerprint density at radius 3 is 2.77 bits per heavy atom. The van der Waals surface area contributed by atoms with Crippen LogP contribution in [-0.2, 0) is 16.1 Å². The van der Waals surface area contributed by atoms with Gasteiger partial charge in [0.15, 0.2) is 0 Å². The molecule has 4 nitrogen and oxygen atoms in total. The number of halogens is 1. The van der Waals surface area contributed by atoms with Crippen molar-refractivity contribution in [2.24, 2.45) is 5.92 Å². The summed E-state index contributed by atoms with van der Waals surface area (Å²) >= 11 is 6.14. The Hall–Kier alpha value is -1.81. The van der Waals surface area contributed by atoms with Crippen molar-refractivity contribution < 1.29 is 13.9 Å². The van der Waals surface area contributed by atoms with Gasteiger partial charge >= 0.3 is 11.6 Å². The number of ether oxygens (including phenoxy) is 1. The van der Waals surface area contributed by atoms with E-state index in [0.29, 0.717) is 21.6 Å². The highest BCUT2D eigenvalue weighted by Gasteiger charge is 2.24. The second kappa shape index (κ2) is 6.13. The lowest BCUT2D eigenvalue weighted by Gasteiger charge is -2.11. The zero-order valence-corrected chi connectivity index (χ0v) is 13.1. The number of rotatable bonds is 3. The molecule has 1 aliphatic rings. The van der Waals surface area contributed by atoms with Crippen molar-refractivity contribution in [3.63, 3.8) is 0 Å². The van der Waals surface area contributed by atoms with Gasteiger partial charge in [0.2, 0.25) is 0 Å². The minimum atomic E-state index is -0.457. The smallest absolute Gasteiger partial charge is 0.336 e. The summed E-state index contributed by atoms with van der Waals surface area (Å²) in [5, 5.41) is 1.29. The maximum atomic E-state index is 12.0. The number of benzene rings is 1. The van der Waals surface area contributed by atoms with Crippen LogP contribution in [0.25, 0.3) is 11.0 Å². The minimum absolute atomic E-state index is 0.00258. The van der Waals surface area contributed by atoms with E-state index < -0.39 is 5.63 Å². The molecule has 1 aliphatic carbocycles. The first-order valence-electron chi connectivity index (χ1n) is 7.44. The van der Waals surface area contributed by atoms with Crippen molar-refractivity contribution in [2.45, 2.75) is 39.2 Å².